The van der Waals surface area contributed by atoms with E-state index in [1.54, 1.807) is 0 Å². The summed E-state index contributed by atoms with van der Waals surface area (Å²) >= 11 is 0. The molecule has 1 heterocycles. The van der Waals surface area contributed by atoms with Gasteiger partial charge in [0.1, 0.15) is 0 Å². The molecule has 0 aromatic heterocycles. The Bertz CT molecular complexity index is 472. The van der Waals surface area contributed by atoms with Gasteiger partial charge in [-0.1, -0.05) is 36.4 Å². The molecule has 4 rings (SSSR count). The van der Waals surface area contributed by atoms with Gasteiger partial charge in [0, 0.05) is 18.3 Å². The van der Waals surface area contributed by atoms with Crippen molar-refractivity contribution >= 4 is 0 Å². The highest BCUT2D eigenvalue weighted by atomic mass is 16.7. The van der Waals surface area contributed by atoms with E-state index in [2.05, 4.69) is 36.4 Å². The first-order valence-corrected chi connectivity index (χ1v) is 6.43. The Labute approximate surface area is 101 Å². The minimum absolute atomic E-state index is 0.369. The van der Waals surface area contributed by atoms with Crippen LogP contribution in [0.1, 0.15) is 23.5 Å². The maximum absolute atomic E-state index is 6.02. The van der Waals surface area contributed by atoms with Gasteiger partial charge in [-0.2, -0.15) is 0 Å². The summed E-state index contributed by atoms with van der Waals surface area (Å²) in [6.07, 6.45) is 6.46. The lowest BCUT2D eigenvalue weighted by Crippen LogP contribution is -2.54. The minimum Gasteiger partial charge on any atom is -0.349 e. The molecule has 0 N–H and O–H groups in total. The first kappa shape index (κ1) is 9.86. The highest BCUT2D eigenvalue weighted by Gasteiger charge is 2.51. The molecule has 17 heavy (non-hydrogen) atoms. The standard InChI is InChI=1S/C15H16O2/c1-2-5-12-11(4-1)10-15(14-7-6-13(12)14)16-8-3-9-17-15/h1-2,4-7,13-14H,3,8-10H2/t13-,14-/m0/s1. The average molecular weight is 228 g/mol. The lowest BCUT2D eigenvalue weighted by atomic mass is 9.65. The van der Waals surface area contributed by atoms with Crippen LogP contribution in [0.3, 0.4) is 0 Å². The van der Waals surface area contributed by atoms with Crippen molar-refractivity contribution in [3.63, 3.8) is 0 Å². The van der Waals surface area contributed by atoms with Crippen LogP contribution in [-0.4, -0.2) is 19.0 Å². The van der Waals surface area contributed by atoms with Crippen molar-refractivity contribution in [3.8, 4) is 0 Å². The monoisotopic (exact) mass is 228 g/mol. The molecule has 0 saturated carbocycles. The third kappa shape index (κ3) is 1.28. The van der Waals surface area contributed by atoms with Crippen molar-refractivity contribution < 1.29 is 9.47 Å². The Balaban J connectivity index is 1.80. The van der Waals surface area contributed by atoms with E-state index < -0.39 is 0 Å². The highest BCUT2D eigenvalue weighted by Crippen LogP contribution is 2.51. The Morgan fingerprint density at radius 1 is 1.06 bits per heavy atom. The molecular formula is C15H16O2. The summed E-state index contributed by atoms with van der Waals surface area (Å²) in [5.41, 5.74) is 2.85. The second kappa shape index (κ2) is 3.44. The number of rotatable bonds is 0. The Hall–Kier alpha value is -1.12. The molecular weight excluding hydrogens is 212 g/mol. The van der Waals surface area contributed by atoms with Gasteiger partial charge in [-0.3, -0.25) is 0 Å². The predicted molar refractivity (Wildman–Crippen MR) is 64.8 cm³/mol. The van der Waals surface area contributed by atoms with E-state index in [0.717, 1.165) is 26.1 Å². The predicted octanol–water partition coefficient (Wildman–Crippen LogP) is 2.65. The third-order valence-corrected chi connectivity index (χ3v) is 4.25. The number of hydrogen-bond donors (Lipinski definition) is 0. The molecule has 0 radical (unpaired) electrons. The topological polar surface area (TPSA) is 18.5 Å². The van der Waals surface area contributed by atoms with Crippen LogP contribution in [-0.2, 0) is 15.9 Å². The lowest BCUT2D eigenvalue weighted by Gasteiger charge is -2.51. The van der Waals surface area contributed by atoms with E-state index in [0.29, 0.717) is 11.8 Å². The number of ether oxygens (including phenoxy) is 2. The van der Waals surface area contributed by atoms with Crippen LogP contribution in [0.25, 0.3) is 0 Å². The SMILES string of the molecule is C1=C[C@H]2[C@@H]1c1ccccc1CC21OCCCO1. The fourth-order valence-electron chi connectivity index (χ4n) is 3.34. The van der Waals surface area contributed by atoms with E-state index in [1.165, 1.54) is 11.1 Å². The molecule has 88 valence electrons. The van der Waals surface area contributed by atoms with Crippen molar-refractivity contribution in [1.29, 1.82) is 0 Å². The third-order valence-electron chi connectivity index (χ3n) is 4.25. The quantitative estimate of drug-likeness (QED) is 0.635. The van der Waals surface area contributed by atoms with Crippen LogP contribution in [0.4, 0.5) is 0 Å². The first-order valence-electron chi connectivity index (χ1n) is 6.43. The van der Waals surface area contributed by atoms with Gasteiger partial charge in [0.05, 0.1) is 13.2 Å². The van der Waals surface area contributed by atoms with Crippen LogP contribution in [0, 0.1) is 5.92 Å². The van der Waals surface area contributed by atoms with Crippen molar-refractivity contribution in [3.05, 3.63) is 47.5 Å². The Morgan fingerprint density at radius 2 is 1.88 bits per heavy atom. The van der Waals surface area contributed by atoms with E-state index >= 15 is 0 Å². The molecule has 1 saturated heterocycles. The molecule has 2 nitrogen and oxygen atoms in total. The Morgan fingerprint density at radius 3 is 2.65 bits per heavy atom. The molecule has 0 unspecified atom stereocenters. The van der Waals surface area contributed by atoms with Crippen molar-refractivity contribution in [2.45, 2.75) is 24.5 Å². The molecule has 1 aromatic carbocycles. The Kier molecular flexibility index (Phi) is 1.99. The zero-order valence-electron chi connectivity index (χ0n) is 9.76. The number of fused-ring (bicyclic) bond motifs is 4. The average Bonchev–Trinajstić information content (AvgIpc) is 2.30. The zero-order valence-corrected chi connectivity index (χ0v) is 9.76. The van der Waals surface area contributed by atoms with Crippen molar-refractivity contribution in [1.82, 2.24) is 0 Å². The van der Waals surface area contributed by atoms with Crippen LogP contribution in [0.5, 0.6) is 0 Å². The molecule has 2 heteroatoms. The van der Waals surface area contributed by atoms with Crippen LogP contribution in [0.15, 0.2) is 36.4 Å². The summed E-state index contributed by atoms with van der Waals surface area (Å²) in [5, 5.41) is 0. The number of benzene rings is 1. The summed E-state index contributed by atoms with van der Waals surface area (Å²) in [6, 6.07) is 8.69. The van der Waals surface area contributed by atoms with Crippen LogP contribution >= 0.6 is 0 Å². The van der Waals surface area contributed by atoms with E-state index in [-0.39, 0.29) is 5.79 Å². The second-order valence-corrected chi connectivity index (χ2v) is 5.17. The van der Waals surface area contributed by atoms with E-state index in [9.17, 15) is 0 Å². The van der Waals surface area contributed by atoms with Crippen LogP contribution < -0.4 is 0 Å². The van der Waals surface area contributed by atoms with Crippen molar-refractivity contribution in [2.24, 2.45) is 5.92 Å². The van der Waals surface area contributed by atoms with Crippen molar-refractivity contribution in [2.75, 3.05) is 13.2 Å². The van der Waals surface area contributed by atoms with E-state index in [4.69, 9.17) is 9.47 Å². The molecule has 2 atom stereocenters. The molecule has 0 amide bonds. The maximum Gasteiger partial charge on any atom is 0.179 e. The van der Waals surface area contributed by atoms with Crippen LogP contribution in [0.2, 0.25) is 0 Å². The van der Waals surface area contributed by atoms with Gasteiger partial charge >= 0.3 is 0 Å². The highest BCUT2D eigenvalue weighted by molar-refractivity contribution is 5.43. The molecule has 1 aliphatic heterocycles. The summed E-state index contributed by atoms with van der Waals surface area (Å²) in [4.78, 5) is 0. The molecule has 2 aliphatic carbocycles. The fourth-order valence-corrected chi connectivity index (χ4v) is 3.34. The first-order chi connectivity index (χ1) is 8.39. The molecule has 0 bridgehead atoms. The van der Waals surface area contributed by atoms with Gasteiger partial charge < -0.3 is 9.47 Å². The largest absolute Gasteiger partial charge is 0.349 e. The molecule has 1 aromatic rings. The summed E-state index contributed by atoms with van der Waals surface area (Å²) in [6.45, 7) is 1.67. The maximum atomic E-state index is 6.02. The molecule has 1 fully saturated rings. The molecule has 1 spiro atoms. The summed E-state index contributed by atoms with van der Waals surface area (Å²) in [5.74, 6) is 0.544. The summed E-state index contributed by atoms with van der Waals surface area (Å²) < 4.78 is 12.0. The minimum atomic E-state index is -0.369. The number of hydrogen-bond acceptors (Lipinski definition) is 2. The number of allylic oxidation sites excluding steroid dienone is 1. The van der Waals surface area contributed by atoms with Gasteiger partial charge in [0.25, 0.3) is 0 Å². The second-order valence-electron chi connectivity index (χ2n) is 5.17. The summed E-state index contributed by atoms with van der Waals surface area (Å²) in [7, 11) is 0. The van der Waals surface area contributed by atoms with Gasteiger partial charge in [-0.15, -0.1) is 0 Å². The van der Waals surface area contributed by atoms with Gasteiger partial charge in [-0.05, 0) is 17.5 Å². The zero-order chi connectivity index (χ0) is 11.3. The van der Waals surface area contributed by atoms with Gasteiger partial charge in [0.2, 0.25) is 0 Å². The van der Waals surface area contributed by atoms with Gasteiger partial charge in [0.15, 0.2) is 5.79 Å². The smallest absolute Gasteiger partial charge is 0.179 e. The van der Waals surface area contributed by atoms with E-state index in [1.807, 2.05) is 0 Å². The normalized spacial score (nSPS) is 32.7. The lowest BCUT2D eigenvalue weighted by molar-refractivity contribution is -0.293. The fraction of sp³-hybridized carbons (Fsp3) is 0.467. The van der Waals surface area contributed by atoms with Gasteiger partial charge in [-0.25, -0.2) is 0 Å². The molecule has 3 aliphatic rings.